The summed E-state index contributed by atoms with van der Waals surface area (Å²) in [5, 5.41) is 0. The van der Waals surface area contributed by atoms with Crippen molar-refractivity contribution in [2.75, 3.05) is 39.9 Å². The number of likely N-dealkylation sites (tertiary alicyclic amines) is 1. The summed E-state index contributed by atoms with van der Waals surface area (Å²) in [5.41, 5.74) is 3.99. The molecule has 0 bridgehead atoms. The lowest BCUT2D eigenvalue weighted by molar-refractivity contribution is -0.133. The zero-order valence-electron chi connectivity index (χ0n) is 16.4. The van der Waals surface area contributed by atoms with Crippen LogP contribution in [0.1, 0.15) is 36.0 Å². The SMILES string of the molecule is Cc1cccc(C)c1/C=C/C1CCN(C(=O)CN(C)[C@H]2CCOC2)CC1. The Kier molecular flexibility index (Phi) is 6.49. The summed E-state index contributed by atoms with van der Waals surface area (Å²) in [6.07, 6.45) is 7.78. The molecule has 1 aromatic rings. The van der Waals surface area contributed by atoms with Crippen molar-refractivity contribution in [3.8, 4) is 0 Å². The van der Waals surface area contributed by atoms with Gasteiger partial charge in [-0.25, -0.2) is 0 Å². The summed E-state index contributed by atoms with van der Waals surface area (Å²) in [6.45, 7) is 8.16. The molecule has 4 nitrogen and oxygen atoms in total. The highest BCUT2D eigenvalue weighted by Crippen LogP contribution is 2.22. The molecule has 2 fully saturated rings. The molecule has 2 saturated heterocycles. The van der Waals surface area contributed by atoms with Gasteiger partial charge in [0.1, 0.15) is 0 Å². The molecule has 0 N–H and O–H groups in total. The highest BCUT2D eigenvalue weighted by atomic mass is 16.5. The van der Waals surface area contributed by atoms with Crippen LogP contribution in [0, 0.1) is 19.8 Å². The summed E-state index contributed by atoms with van der Waals surface area (Å²) in [6, 6.07) is 6.84. The molecule has 0 spiro atoms. The third-order valence-corrected chi connectivity index (χ3v) is 5.88. The van der Waals surface area contributed by atoms with Crippen LogP contribution >= 0.6 is 0 Å². The van der Waals surface area contributed by atoms with E-state index in [0.29, 0.717) is 18.5 Å². The monoisotopic (exact) mass is 356 g/mol. The van der Waals surface area contributed by atoms with Gasteiger partial charge in [-0.15, -0.1) is 0 Å². The number of ether oxygens (including phenoxy) is 1. The molecule has 1 aromatic carbocycles. The van der Waals surface area contributed by atoms with Gasteiger partial charge in [0.2, 0.25) is 5.91 Å². The van der Waals surface area contributed by atoms with Crippen LogP contribution in [0.5, 0.6) is 0 Å². The van der Waals surface area contributed by atoms with E-state index < -0.39 is 0 Å². The maximum absolute atomic E-state index is 12.6. The van der Waals surface area contributed by atoms with Crippen LogP contribution in [-0.2, 0) is 9.53 Å². The lowest BCUT2D eigenvalue weighted by Gasteiger charge is -2.33. The lowest BCUT2D eigenvalue weighted by atomic mass is 9.94. The van der Waals surface area contributed by atoms with Crippen molar-refractivity contribution in [3.63, 3.8) is 0 Å². The molecule has 142 valence electrons. The molecular formula is C22H32N2O2. The van der Waals surface area contributed by atoms with Crippen LogP contribution in [-0.4, -0.2) is 61.6 Å². The number of rotatable bonds is 5. The Morgan fingerprint density at radius 1 is 1.23 bits per heavy atom. The molecule has 4 heteroatoms. The van der Waals surface area contributed by atoms with Crippen molar-refractivity contribution >= 4 is 12.0 Å². The number of nitrogens with zero attached hydrogens (tertiary/aromatic N) is 2. The van der Waals surface area contributed by atoms with Crippen molar-refractivity contribution in [1.29, 1.82) is 0 Å². The van der Waals surface area contributed by atoms with E-state index in [-0.39, 0.29) is 5.91 Å². The van der Waals surface area contributed by atoms with Crippen LogP contribution < -0.4 is 0 Å². The first kappa shape index (κ1) is 19.1. The van der Waals surface area contributed by atoms with Gasteiger partial charge in [-0.3, -0.25) is 9.69 Å². The number of carbonyl (C=O) groups is 1. The fourth-order valence-corrected chi connectivity index (χ4v) is 3.98. The largest absolute Gasteiger partial charge is 0.380 e. The smallest absolute Gasteiger partial charge is 0.236 e. The van der Waals surface area contributed by atoms with E-state index in [9.17, 15) is 4.79 Å². The third kappa shape index (κ3) is 4.74. The molecule has 0 unspecified atom stereocenters. The maximum atomic E-state index is 12.6. The normalized spacial score (nSPS) is 21.8. The quantitative estimate of drug-likeness (QED) is 0.812. The van der Waals surface area contributed by atoms with Crippen molar-refractivity contribution in [3.05, 3.63) is 41.0 Å². The standard InChI is InChI=1S/C22H32N2O2/c1-17-5-4-6-18(2)21(17)8-7-19-9-12-24(13-10-19)22(25)15-23(3)20-11-14-26-16-20/h4-8,19-20H,9-16H2,1-3H3/b8-7+/t20-/m0/s1. The van der Waals surface area contributed by atoms with E-state index in [0.717, 1.165) is 45.6 Å². The second-order valence-electron chi connectivity index (χ2n) is 7.82. The topological polar surface area (TPSA) is 32.8 Å². The van der Waals surface area contributed by atoms with Crippen molar-refractivity contribution < 1.29 is 9.53 Å². The average Bonchev–Trinajstić information content (AvgIpc) is 3.16. The van der Waals surface area contributed by atoms with Gasteiger partial charge in [-0.05, 0) is 62.8 Å². The van der Waals surface area contributed by atoms with Crippen LogP contribution in [0.25, 0.3) is 6.08 Å². The van der Waals surface area contributed by atoms with Crippen molar-refractivity contribution in [2.24, 2.45) is 5.92 Å². The number of hydrogen-bond acceptors (Lipinski definition) is 3. The van der Waals surface area contributed by atoms with Crippen LogP contribution in [0.4, 0.5) is 0 Å². The highest BCUT2D eigenvalue weighted by Gasteiger charge is 2.26. The van der Waals surface area contributed by atoms with Gasteiger partial charge in [0.15, 0.2) is 0 Å². The fraction of sp³-hybridized carbons (Fsp3) is 0.591. The van der Waals surface area contributed by atoms with Gasteiger partial charge >= 0.3 is 0 Å². The molecule has 3 rings (SSSR count). The molecule has 0 aliphatic carbocycles. The van der Waals surface area contributed by atoms with E-state index in [1.807, 2.05) is 11.9 Å². The zero-order valence-corrected chi connectivity index (χ0v) is 16.4. The van der Waals surface area contributed by atoms with Crippen molar-refractivity contribution in [1.82, 2.24) is 9.80 Å². The molecule has 1 amide bonds. The second-order valence-corrected chi connectivity index (χ2v) is 7.82. The van der Waals surface area contributed by atoms with E-state index in [1.165, 1.54) is 16.7 Å². The first-order valence-corrected chi connectivity index (χ1v) is 9.85. The first-order valence-electron chi connectivity index (χ1n) is 9.85. The molecule has 0 aromatic heterocycles. The number of piperidine rings is 1. The lowest BCUT2D eigenvalue weighted by Crippen LogP contribution is -2.45. The number of amides is 1. The van der Waals surface area contributed by atoms with E-state index in [2.05, 4.69) is 49.1 Å². The Balaban J connectivity index is 1.48. The minimum atomic E-state index is 0.261. The van der Waals surface area contributed by atoms with Crippen molar-refractivity contribution in [2.45, 2.75) is 39.2 Å². The van der Waals surface area contributed by atoms with Gasteiger partial charge in [-0.1, -0.05) is 30.4 Å². The number of likely N-dealkylation sites (N-methyl/N-ethyl adjacent to an activating group) is 1. The number of allylic oxidation sites excluding steroid dienone is 1. The summed E-state index contributed by atoms with van der Waals surface area (Å²) < 4.78 is 5.43. The molecular weight excluding hydrogens is 324 g/mol. The number of benzene rings is 1. The molecule has 1 atom stereocenters. The van der Waals surface area contributed by atoms with Gasteiger partial charge in [0.05, 0.1) is 13.2 Å². The number of hydrogen-bond donors (Lipinski definition) is 0. The predicted octanol–water partition coefficient (Wildman–Crippen LogP) is 3.28. The summed E-state index contributed by atoms with van der Waals surface area (Å²) in [4.78, 5) is 16.8. The van der Waals surface area contributed by atoms with E-state index in [1.54, 1.807) is 0 Å². The highest BCUT2D eigenvalue weighted by molar-refractivity contribution is 5.78. The molecule has 26 heavy (non-hydrogen) atoms. The van der Waals surface area contributed by atoms with E-state index in [4.69, 9.17) is 4.74 Å². The molecule has 2 aliphatic rings. The molecule has 0 saturated carbocycles. The van der Waals surface area contributed by atoms with Crippen LogP contribution in [0.2, 0.25) is 0 Å². The Bertz CT molecular complexity index is 621. The average molecular weight is 357 g/mol. The maximum Gasteiger partial charge on any atom is 0.236 e. The Morgan fingerprint density at radius 3 is 2.54 bits per heavy atom. The van der Waals surface area contributed by atoms with Crippen LogP contribution in [0.15, 0.2) is 24.3 Å². The summed E-state index contributed by atoms with van der Waals surface area (Å²) in [7, 11) is 2.04. The first-order chi connectivity index (χ1) is 12.5. The van der Waals surface area contributed by atoms with Gasteiger partial charge in [-0.2, -0.15) is 0 Å². The Morgan fingerprint density at radius 2 is 1.92 bits per heavy atom. The second kappa shape index (κ2) is 8.83. The Labute approximate surface area is 157 Å². The minimum absolute atomic E-state index is 0.261. The summed E-state index contributed by atoms with van der Waals surface area (Å²) in [5.74, 6) is 0.829. The molecule has 0 radical (unpaired) electrons. The molecule has 2 heterocycles. The minimum Gasteiger partial charge on any atom is -0.380 e. The van der Waals surface area contributed by atoms with E-state index >= 15 is 0 Å². The predicted molar refractivity (Wildman–Crippen MR) is 106 cm³/mol. The number of carbonyl (C=O) groups excluding carboxylic acids is 1. The summed E-state index contributed by atoms with van der Waals surface area (Å²) >= 11 is 0. The molecule has 2 aliphatic heterocycles. The fourth-order valence-electron chi connectivity index (χ4n) is 3.98. The zero-order chi connectivity index (χ0) is 18.5. The van der Waals surface area contributed by atoms with Gasteiger partial charge < -0.3 is 9.64 Å². The third-order valence-electron chi connectivity index (χ3n) is 5.88. The van der Waals surface area contributed by atoms with Gasteiger partial charge in [0, 0.05) is 25.7 Å². The van der Waals surface area contributed by atoms with Gasteiger partial charge in [0.25, 0.3) is 0 Å². The Hall–Kier alpha value is -1.65. The number of aryl methyl sites for hydroxylation is 2. The van der Waals surface area contributed by atoms with Crippen LogP contribution in [0.3, 0.4) is 0 Å².